The van der Waals surface area contributed by atoms with Gasteiger partial charge in [0.1, 0.15) is 0 Å². The lowest BCUT2D eigenvalue weighted by Crippen LogP contribution is -2.58. The van der Waals surface area contributed by atoms with E-state index in [1.165, 1.54) is 15.8 Å². The first-order valence-corrected chi connectivity index (χ1v) is 8.70. The summed E-state index contributed by atoms with van der Waals surface area (Å²) in [7, 11) is 0. The van der Waals surface area contributed by atoms with Gasteiger partial charge in [0, 0.05) is 28.5 Å². The van der Waals surface area contributed by atoms with Gasteiger partial charge in [-0.15, -0.1) is 11.3 Å². The van der Waals surface area contributed by atoms with E-state index in [-0.39, 0.29) is 5.41 Å². The molecule has 1 aliphatic rings. The Bertz CT molecular complexity index is 616. The van der Waals surface area contributed by atoms with Crippen LogP contribution in [0.3, 0.4) is 0 Å². The van der Waals surface area contributed by atoms with Gasteiger partial charge in [-0.05, 0) is 47.4 Å². The van der Waals surface area contributed by atoms with Gasteiger partial charge in [-0.3, -0.25) is 0 Å². The average Bonchev–Trinajstić information content (AvgIpc) is 2.89. The lowest BCUT2D eigenvalue weighted by atomic mass is 9.64. The number of rotatable bonds is 5. The Morgan fingerprint density at radius 1 is 1.33 bits per heavy atom. The lowest BCUT2D eigenvalue weighted by Gasteiger charge is -2.52. The van der Waals surface area contributed by atoms with Crippen LogP contribution in [0.2, 0.25) is 0 Å². The van der Waals surface area contributed by atoms with Gasteiger partial charge in [-0.2, -0.15) is 0 Å². The van der Waals surface area contributed by atoms with E-state index in [9.17, 15) is 0 Å². The summed E-state index contributed by atoms with van der Waals surface area (Å²) >= 11 is 1.80. The van der Waals surface area contributed by atoms with Crippen molar-refractivity contribution >= 4 is 27.1 Å². The molecule has 1 saturated carbocycles. The number of hydrogen-bond acceptors (Lipinski definition) is 3. The first-order chi connectivity index (χ1) is 9.96. The van der Waals surface area contributed by atoms with Crippen LogP contribution in [0.5, 0.6) is 0 Å². The first-order valence-electron chi connectivity index (χ1n) is 7.82. The molecule has 114 valence electrons. The molecular formula is C18H25NOS. The SMILES string of the molecule is CC(C)COC1CC(Nc2ccc3sccc3c2)C1(C)C. The zero-order chi connectivity index (χ0) is 15.0. The highest BCUT2D eigenvalue weighted by atomic mass is 32.1. The van der Waals surface area contributed by atoms with Crippen LogP contribution in [-0.2, 0) is 4.74 Å². The summed E-state index contributed by atoms with van der Waals surface area (Å²) in [5.74, 6) is 0.605. The van der Waals surface area contributed by atoms with E-state index < -0.39 is 0 Å². The molecular weight excluding hydrogens is 278 g/mol. The van der Waals surface area contributed by atoms with Crippen molar-refractivity contribution in [2.24, 2.45) is 11.3 Å². The van der Waals surface area contributed by atoms with Crippen molar-refractivity contribution in [2.75, 3.05) is 11.9 Å². The van der Waals surface area contributed by atoms with Crippen LogP contribution in [0.25, 0.3) is 10.1 Å². The Morgan fingerprint density at radius 3 is 2.86 bits per heavy atom. The third-order valence-corrected chi connectivity index (χ3v) is 5.50. The van der Waals surface area contributed by atoms with Gasteiger partial charge in [-0.1, -0.05) is 27.7 Å². The molecule has 0 amide bonds. The van der Waals surface area contributed by atoms with Crippen molar-refractivity contribution < 1.29 is 4.74 Å². The predicted molar refractivity (Wildman–Crippen MR) is 92.2 cm³/mol. The van der Waals surface area contributed by atoms with Crippen molar-refractivity contribution in [2.45, 2.75) is 46.3 Å². The molecule has 0 radical (unpaired) electrons. The summed E-state index contributed by atoms with van der Waals surface area (Å²) in [6, 6.07) is 9.33. The number of anilines is 1. The minimum atomic E-state index is 0.193. The molecule has 0 bridgehead atoms. The summed E-state index contributed by atoms with van der Waals surface area (Å²) in [6.45, 7) is 9.89. The van der Waals surface area contributed by atoms with E-state index in [0.717, 1.165) is 13.0 Å². The maximum Gasteiger partial charge on any atom is 0.0665 e. The number of hydrogen-bond donors (Lipinski definition) is 1. The fraction of sp³-hybridized carbons (Fsp3) is 0.556. The van der Waals surface area contributed by atoms with E-state index in [1.807, 2.05) is 0 Å². The molecule has 1 aromatic heterocycles. The Kier molecular flexibility index (Phi) is 3.98. The van der Waals surface area contributed by atoms with Gasteiger partial charge >= 0.3 is 0 Å². The van der Waals surface area contributed by atoms with Gasteiger partial charge in [0.25, 0.3) is 0 Å². The van der Waals surface area contributed by atoms with Gasteiger partial charge in [0.2, 0.25) is 0 Å². The Morgan fingerprint density at radius 2 is 2.14 bits per heavy atom. The topological polar surface area (TPSA) is 21.3 Å². The largest absolute Gasteiger partial charge is 0.382 e. The van der Waals surface area contributed by atoms with Crippen LogP contribution in [0.15, 0.2) is 29.6 Å². The van der Waals surface area contributed by atoms with Gasteiger partial charge in [-0.25, -0.2) is 0 Å². The molecule has 1 aliphatic carbocycles. The number of ether oxygens (including phenoxy) is 1. The van der Waals surface area contributed by atoms with E-state index in [1.54, 1.807) is 11.3 Å². The fourth-order valence-corrected chi connectivity index (χ4v) is 3.75. The summed E-state index contributed by atoms with van der Waals surface area (Å²) in [5.41, 5.74) is 1.42. The smallest absolute Gasteiger partial charge is 0.0665 e. The third kappa shape index (κ3) is 2.95. The molecule has 0 saturated heterocycles. The summed E-state index contributed by atoms with van der Waals surface area (Å²) in [4.78, 5) is 0. The molecule has 1 aromatic carbocycles. The maximum absolute atomic E-state index is 6.04. The molecule has 3 heteroatoms. The highest BCUT2D eigenvalue weighted by Crippen LogP contribution is 2.44. The molecule has 2 unspecified atom stereocenters. The third-order valence-electron chi connectivity index (χ3n) is 4.60. The van der Waals surface area contributed by atoms with Gasteiger partial charge in [0.15, 0.2) is 0 Å². The molecule has 1 fully saturated rings. The lowest BCUT2D eigenvalue weighted by molar-refractivity contribution is -0.108. The molecule has 0 spiro atoms. The van der Waals surface area contributed by atoms with Gasteiger partial charge < -0.3 is 10.1 Å². The molecule has 2 nitrogen and oxygen atoms in total. The number of nitrogens with one attached hydrogen (secondary N) is 1. The number of thiophene rings is 1. The van der Waals surface area contributed by atoms with Crippen molar-refractivity contribution in [3.05, 3.63) is 29.6 Å². The zero-order valence-corrected chi connectivity index (χ0v) is 14.2. The number of benzene rings is 1. The quantitative estimate of drug-likeness (QED) is 0.824. The maximum atomic E-state index is 6.04. The van der Waals surface area contributed by atoms with Crippen molar-refractivity contribution in [1.82, 2.24) is 0 Å². The Balaban J connectivity index is 1.63. The Labute approximate surface area is 131 Å². The van der Waals surface area contributed by atoms with E-state index in [0.29, 0.717) is 18.1 Å². The summed E-state index contributed by atoms with van der Waals surface area (Å²) in [6.07, 6.45) is 1.48. The van der Waals surface area contributed by atoms with Crippen LogP contribution in [0, 0.1) is 11.3 Å². The van der Waals surface area contributed by atoms with Crippen LogP contribution in [0.4, 0.5) is 5.69 Å². The zero-order valence-electron chi connectivity index (χ0n) is 13.3. The van der Waals surface area contributed by atoms with Crippen LogP contribution >= 0.6 is 11.3 Å². The summed E-state index contributed by atoms with van der Waals surface area (Å²) < 4.78 is 7.40. The minimum absolute atomic E-state index is 0.193. The molecule has 1 heterocycles. The van der Waals surface area contributed by atoms with E-state index in [4.69, 9.17) is 4.74 Å². The molecule has 21 heavy (non-hydrogen) atoms. The van der Waals surface area contributed by atoms with E-state index in [2.05, 4.69) is 62.7 Å². The second-order valence-corrected chi connectivity index (χ2v) is 8.09. The van der Waals surface area contributed by atoms with Crippen molar-refractivity contribution in [3.8, 4) is 0 Å². The average molecular weight is 303 g/mol. The number of fused-ring (bicyclic) bond motifs is 1. The standard InChI is InChI=1S/C18H25NOS/c1-12(2)11-20-17-10-16(18(17,3)4)19-14-5-6-15-13(9-14)7-8-21-15/h5-9,12,16-17,19H,10-11H2,1-4H3. The fourth-order valence-electron chi connectivity index (χ4n) is 2.98. The monoisotopic (exact) mass is 303 g/mol. The summed E-state index contributed by atoms with van der Waals surface area (Å²) in [5, 5.41) is 7.17. The molecule has 1 N–H and O–H groups in total. The highest BCUT2D eigenvalue weighted by molar-refractivity contribution is 7.17. The Hall–Kier alpha value is -1.06. The van der Waals surface area contributed by atoms with E-state index >= 15 is 0 Å². The minimum Gasteiger partial charge on any atom is -0.382 e. The van der Waals surface area contributed by atoms with Crippen LogP contribution in [-0.4, -0.2) is 18.8 Å². The second kappa shape index (κ2) is 5.62. The van der Waals surface area contributed by atoms with Crippen LogP contribution < -0.4 is 5.32 Å². The van der Waals surface area contributed by atoms with Gasteiger partial charge in [0.05, 0.1) is 6.10 Å². The molecule has 3 rings (SSSR count). The molecule has 2 atom stereocenters. The molecule has 0 aliphatic heterocycles. The highest BCUT2D eigenvalue weighted by Gasteiger charge is 2.49. The molecule has 2 aromatic rings. The van der Waals surface area contributed by atoms with Crippen molar-refractivity contribution in [3.63, 3.8) is 0 Å². The van der Waals surface area contributed by atoms with Crippen molar-refractivity contribution in [1.29, 1.82) is 0 Å². The first kappa shape index (κ1) is 14.9. The normalized spacial score (nSPS) is 24.2. The van der Waals surface area contributed by atoms with Crippen LogP contribution in [0.1, 0.15) is 34.1 Å². The second-order valence-electron chi connectivity index (χ2n) is 7.14. The predicted octanol–water partition coefficient (Wildman–Crippen LogP) is 5.15.